The average Bonchev–Trinajstić information content (AvgIpc) is 3.14. The summed E-state index contributed by atoms with van der Waals surface area (Å²) < 4.78 is 21.9. The molecule has 0 amide bonds. The monoisotopic (exact) mass is 506 g/mol. The molecule has 6 nitrogen and oxygen atoms in total. The third-order valence-electron chi connectivity index (χ3n) is 4.98. The maximum Gasteiger partial charge on any atom is 0.338 e. The molecule has 1 aliphatic rings. The highest BCUT2D eigenvalue weighted by Crippen LogP contribution is 2.40. The van der Waals surface area contributed by atoms with Crippen molar-refractivity contribution in [2.45, 2.75) is 43.8 Å². The number of esters is 1. The second-order valence-electron chi connectivity index (χ2n) is 7.70. The molecule has 1 atom stereocenters. The molecule has 1 aromatic heterocycles. The van der Waals surface area contributed by atoms with Crippen molar-refractivity contribution in [2.24, 2.45) is 0 Å². The number of hydrogen-bond donors (Lipinski definition) is 1. The van der Waals surface area contributed by atoms with Crippen LogP contribution in [0.25, 0.3) is 0 Å². The number of halogens is 3. The fraction of sp³-hybridized carbons (Fsp3) is 0.261. The first-order chi connectivity index (χ1) is 15.8. The van der Waals surface area contributed by atoms with E-state index >= 15 is 4.39 Å². The predicted molar refractivity (Wildman–Crippen MR) is 128 cm³/mol. The number of fused-ring (bicyclic) bond motifs is 1. The highest BCUT2D eigenvalue weighted by Gasteiger charge is 2.38. The number of allylic oxidation sites excluding steroid dienone is 1. The molecule has 0 fully saturated rings. The molecule has 1 aliphatic heterocycles. The van der Waals surface area contributed by atoms with Crippen molar-refractivity contribution in [3.05, 3.63) is 80.7 Å². The molecule has 0 radical (unpaired) electrons. The van der Waals surface area contributed by atoms with Crippen LogP contribution >= 0.6 is 35.0 Å². The van der Waals surface area contributed by atoms with Crippen LogP contribution in [-0.4, -0.2) is 26.8 Å². The number of carbonyl (C=O) groups excluding carboxylic acids is 1. The van der Waals surface area contributed by atoms with Crippen molar-refractivity contribution in [1.29, 1.82) is 0 Å². The van der Waals surface area contributed by atoms with Crippen LogP contribution in [0.15, 0.2) is 58.9 Å². The van der Waals surface area contributed by atoms with Gasteiger partial charge in [-0.05, 0) is 44.5 Å². The highest BCUT2D eigenvalue weighted by molar-refractivity contribution is 7.98. The standard InChI is InChI=1S/C23H21Cl2FN4O2S/c1-12(2)32-21(31)18-13(3)27-22-28-23(33-11-14-7-4-5-8-15(14)24)29-30(22)20(18)19-16(25)9-6-10-17(19)26/h4-10,12,20H,11H2,1-3H3,(H,27,28,29). The Morgan fingerprint density at radius 3 is 2.64 bits per heavy atom. The van der Waals surface area contributed by atoms with E-state index in [9.17, 15) is 4.79 Å². The van der Waals surface area contributed by atoms with Gasteiger partial charge >= 0.3 is 5.97 Å². The molecule has 0 saturated carbocycles. The molecule has 0 saturated heterocycles. The van der Waals surface area contributed by atoms with Gasteiger partial charge in [0.05, 0.1) is 11.7 Å². The van der Waals surface area contributed by atoms with Crippen LogP contribution in [0.1, 0.15) is 37.9 Å². The number of benzene rings is 2. The Hall–Kier alpha value is -2.55. The molecular formula is C23H21Cl2FN4O2S. The SMILES string of the molecule is CC1=C(C(=O)OC(C)C)C(c2c(F)cccc2Cl)n2nc(SCc3ccccc3Cl)nc2N1. The summed E-state index contributed by atoms with van der Waals surface area (Å²) in [6.45, 7) is 5.21. The smallest absolute Gasteiger partial charge is 0.338 e. The normalized spacial score (nSPS) is 15.4. The molecular weight excluding hydrogens is 486 g/mol. The molecule has 2 heterocycles. The molecule has 172 valence electrons. The minimum atomic E-state index is -0.941. The Morgan fingerprint density at radius 2 is 1.94 bits per heavy atom. The van der Waals surface area contributed by atoms with Crippen LogP contribution in [-0.2, 0) is 15.3 Å². The number of thioether (sulfide) groups is 1. The van der Waals surface area contributed by atoms with E-state index in [1.54, 1.807) is 26.8 Å². The van der Waals surface area contributed by atoms with Gasteiger partial charge in [0.25, 0.3) is 0 Å². The lowest BCUT2D eigenvalue weighted by molar-refractivity contribution is -0.143. The molecule has 3 aromatic rings. The van der Waals surface area contributed by atoms with E-state index in [2.05, 4.69) is 15.4 Å². The Morgan fingerprint density at radius 1 is 1.21 bits per heavy atom. The minimum absolute atomic E-state index is 0.129. The number of nitrogens with one attached hydrogen (secondary N) is 1. The summed E-state index contributed by atoms with van der Waals surface area (Å²) in [5.41, 5.74) is 1.78. The second kappa shape index (κ2) is 9.75. The lowest BCUT2D eigenvalue weighted by Gasteiger charge is -2.29. The first-order valence-corrected chi connectivity index (χ1v) is 12.0. The number of ether oxygens (including phenoxy) is 1. The van der Waals surface area contributed by atoms with Crippen molar-refractivity contribution in [1.82, 2.24) is 14.8 Å². The fourth-order valence-corrected chi connectivity index (χ4v) is 4.91. The molecule has 1 unspecified atom stereocenters. The molecule has 0 aliphatic carbocycles. The number of carbonyl (C=O) groups is 1. The van der Waals surface area contributed by atoms with Gasteiger partial charge in [0.2, 0.25) is 11.1 Å². The quantitative estimate of drug-likeness (QED) is 0.314. The Balaban J connectivity index is 1.76. The first kappa shape index (κ1) is 23.6. The number of hydrogen-bond acceptors (Lipinski definition) is 6. The Bertz CT molecular complexity index is 1220. The predicted octanol–water partition coefficient (Wildman–Crippen LogP) is 6.26. The zero-order valence-corrected chi connectivity index (χ0v) is 20.4. The zero-order chi connectivity index (χ0) is 23.7. The van der Waals surface area contributed by atoms with Gasteiger partial charge in [0.15, 0.2) is 0 Å². The van der Waals surface area contributed by atoms with Crippen LogP contribution in [0.5, 0.6) is 0 Å². The Labute approximate surface area is 205 Å². The fourth-order valence-electron chi connectivity index (χ4n) is 3.53. The van der Waals surface area contributed by atoms with Gasteiger partial charge in [-0.15, -0.1) is 5.10 Å². The van der Waals surface area contributed by atoms with Gasteiger partial charge in [-0.2, -0.15) is 4.98 Å². The third kappa shape index (κ3) is 4.88. The number of aromatic nitrogens is 3. The van der Waals surface area contributed by atoms with Gasteiger partial charge in [-0.25, -0.2) is 13.9 Å². The summed E-state index contributed by atoms with van der Waals surface area (Å²) in [6.07, 6.45) is -0.353. The van der Waals surface area contributed by atoms with E-state index in [0.29, 0.717) is 27.6 Å². The van der Waals surface area contributed by atoms with Crippen LogP contribution in [0.2, 0.25) is 10.0 Å². The van der Waals surface area contributed by atoms with Crippen LogP contribution < -0.4 is 5.32 Å². The molecule has 10 heteroatoms. The topological polar surface area (TPSA) is 69.0 Å². The summed E-state index contributed by atoms with van der Waals surface area (Å²) >= 11 is 14.0. The zero-order valence-electron chi connectivity index (χ0n) is 18.1. The lowest BCUT2D eigenvalue weighted by Crippen LogP contribution is -2.31. The van der Waals surface area contributed by atoms with Crippen LogP contribution in [0.4, 0.5) is 10.3 Å². The van der Waals surface area contributed by atoms with Crippen molar-refractivity contribution in [2.75, 3.05) is 5.32 Å². The summed E-state index contributed by atoms with van der Waals surface area (Å²) in [6, 6.07) is 11.0. The number of anilines is 1. The molecule has 2 aromatic carbocycles. The maximum atomic E-state index is 15.0. The molecule has 0 bridgehead atoms. The van der Waals surface area contributed by atoms with Crippen LogP contribution in [0.3, 0.4) is 0 Å². The maximum absolute atomic E-state index is 15.0. The number of nitrogens with zero attached hydrogens (tertiary/aromatic N) is 3. The Kier molecular flexibility index (Phi) is 6.97. The van der Waals surface area contributed by atoms with Crippen molar-refractivity contribution >= 4 is 46.9 Å². The van der Waals surface area contributed by atoms with Gasteiger partial charge in [0.1, 0.15) is 11.9 Å². The third-order valence-corrected chi connectivity index (χ3v) is 6.57. The summed E-state index contributed by atoms with van der Waals surface area (Å²) in [7, 11) is 0. The lowest BCUT2D eigenvalue weighted by atomic mass is 9.95. The van der Waals surface area contributed by atoms with Crippen molar-refractivity contribution < 1.29 is 13.9 Å². The highest BCUT2D eigenvalue weighted by atomic mass is 35.5. The van der Waals surface area contributed by atoms with Crippen molar-refractivity contribution in [3.8, 4) is 0 Å². The van der Waals surface area contributed by atoms with Crippen molar-refractivity contribution in [3.63, 3.8) is 0 Å². The minimum Gasteiger partial charge on any atom is -0.459 e. The summed E-state index contributed by atoms with van der Waals surface area (Å²) in [4.78, 5) is 17.6. The van der Waals surface area contributed by atoms with Gasteiger partial charge in [-0.3, -0.25) is 0 Å². The van der Waals surface area contributed by atoms with Gasteiger partial charge in [-0.1, -0.05) is 59.2 Å². The van der Waals surface area contributed by atoms with Gasteiger partial charge in [0, 0.05) is 27.1 Å². The first-order valence-electron chi connectivity index (χ1n) is 10.2. The van der Waals surface area contributed by atoms with E-state index < -0.39 is 17.8 Å². The van der Waals surface area contributed by atoms with E-state index in [1.807, 2.05) is 24.3 Å². The summed E-state index contributed by atoms with van der Waals surface area (Å²) in [5.74, 6) is -0.211. The largest absolute Gasteiger partial charge is 0.459 e. The van der Waals surface area contributed by atoms with Gasteiger partial charge < -0.3 is 10.1 Å². The molecule has 0 spiro atoms. The molecule has 1 N–H and O–H groups in total. The van der Waals surface area contributed by atoms with E-state index in [0.717, 1.165) is 5.56 Å². The number of rotatable bonds is 6. The molecule has 4 rings (SSSR count). The molecule has 33 heavy (non-hydrogen) atoms. The van der Waals surface area contributed by atoms with E-state index in [-0.39, 0.29) is 22.3 Å². The average molecular weight is 507 g/mol. The van der Waals surface area contributed by atoms with E-state index in [4.69, 9.17) is 27.9 Å². The second-order valence-corrected chi connectivity index (χ2v) is 9.46. The summed E-state index contributed by atoms with van der Waals surface area (Å²) in [5, 5.41) is 8.95. The van der Waals surface area contributed by atoms with E-state index in [1.165, 1.54) is 28.6 Å². The van der Waals surface area contributed by atoms with Crippen LogP contribution in [0, 0.1) is 5.82 Å².